The molecule has 0 aliphatic heterocycles. The number of carbonyl (C=O) groups excluding carboxylic acids is 1. The van der Waals surface area contributed by atoms with E-state index in [-0.39, 0.29) is 23.7 Å². The molecule has 3 rings (SSSR count). The number of sulfonamides is 1. The zero-order chi connectivity index (χ0) is 20.9. The molecule has 0 aliphatic carbocycles. The SMILES string of the molecule is NS(=O)(=O)c1ccc(C(=O)N(Cc2ccccc2)CC(O)c2ccccc2)nc1. The number of carbonyl (C=O) groups is 1. The number of hydrogen-bond donors (Lipinski definition) is 2. The van der Waals surface area contributed by atoms with E-state index in [1.165, 1.54) is 17.0 Å². The molecule has 8 heteroatoms. The molecule has 1 atom stereocenters. The largest absolute Gasteiger partial charge is 0.387 e. The Balaban J connectivity index is 1.86. The topological polar surface area (TPSA) is 114 Å². The van der Waals surface area contributed by atoms with Crippen LogP contribution in [-0.2, 0) is 16.6 Å². The summed E-state index contributed by atoms with van der Waals surface area (Å²) in [6.07, 6.45) is 0.171. The summed E-state index contributed by atoms with van der Waals surface area (Å²) in [6.45, 7) is 0.318. The van der Waals surface area contributed by atoms with Crippen LogP contribution in [0, 0.1) is 0 Å². The molecule has 0 fully saturated rings. The van der Waals surface area contributed by atoms with Crippen molar-refractivity contribution in [2.75, 3.05) is 6.54 Å². The number of nitrogens with zero attached hydrogens (tertiary/aromatic N) is 2. The van der Waals surface area contributed by atoms with Crippen molar-refractivity contribution in [2.45, 2.75) is 17.5 Å². The fraction of sp³-hybridized carbons (Fsp3) is 0.143. The van der Waals surface area contributed by atoms with E-state index in [0.717, 1.165) is 11.8 Å². The molecule has 0 saturated carbocycles. The molecule has 2 aromatic carbocycles. The minimum absolute atomic E-state index is 0.0519. The van der Waals surface area contributed by atoms with E-state index >= 15 is 0 Å². The number of rotatable bonds is 7. The Morgan fingerprint density at radius 3 is 2.17 bits per heavy atom. The number of hydrogen-bond acceptors (Lipinski definition) is 5. The van der Waals surface area contributed by atoms with Gasteiger partial charge >= 0.3 is 0 Å². The average Bonchev–Trinajstić information content (AvgIpc) is 2.73. The van der Waals surface area contributed by atoms with Gasteiger partial charge in [0.25, 0.3) is 5.91 Å². The summed E-state index contributed by atoms with van der Waals surface area (Å²) in [5.41, 5.74) is 1.65. The Hall–Kier alpha value is -3.07. The molecule has 3 aromatic rings. The van der Waals surface area contributed by atoms with Gasteiger partial charge in [-0.25, -0.2) is 18.5 Å². The van der Waals surface area contributed by atoms with Gasteiger partial charge in [0.1, 0.15) is 10.6 Å². The third kappa shape index (κ3) is 5.47. The van der Waals surface area contributed by atoms with Crippen LogP contribution in [0.3, 0.4) is 0 Å². The normalized spacial score (nSPS) is 12.3. The molecule has 0 radical (unpaired) electrons. The molecule has 7 nitrogen and oxygen atoms in total. The number of aliphatic hydroxyl groups excluding tert-OH is 1. The van der Waals surface area contributed by atoms with E-state index in [4.69, 9.17) is 5.14 Å². The smallest absolute Gasteiger partial charge is 0.272 e. The van der Waals surface area contributed by atoms with Crippen LogP contribution in [0.4, 0.5) is 0 Å². The molecular formula is C21H21N3O4S. The predicted molar refractivity (Wildman–Crippen MR) is 108 cm³/mol. The van der Waals surface area contributed by atoms with Crippen molar-refractivity contribution in [3.8, 4) is 0 Å². The molecule has 1 aromatic heterocycles. The van der Waals surface area contributed by atoms with Crippen LogP contribution in [0.15, 0.2) is 83.9 Å². The van der Waals surface area contributed by atoms with Crippen LogP contribution in [0.25, 0.3) is 0 Å². The van der Waals surface area contributed by atoms with Gasteiger partial charge in [0.05, 0.1) is 12.6 Å². The van der Waals surface area contributed by atoms with Gasteiger partial charge < -0.3 is 10.0 Å². The number of benzene rings is 2. The first-order valence-electron chi connectivity index (χ1n) is 8.89. The monoisotopic (exact) mass is 411 g/mol. The Morgan fingerprint density at radius 2 is 1.62 bits per heavy atom. The van der Waals surface area contributed by atoms with E-state index in [9.17, 15) is 18.3 Å². The van der Waals surface area contributed by atoms with Crippen LogP contribution in [0.5, 0.6) is 0 Å². The minimum Gasteiger partial charge on any atom is -0.387 e. The van der Waals surface area contributed by atoms with Crippen molar-refractivity contribution >= 4 is 15.9 Å². The number of primary sulfonamides is 1. The van der Waals surface area contributed by atoms with E-state index in [1.54, 1.807) is 12.1 Å². The molecule has 1 amide bonds. The molecule has 29 heavy (non-hydrogen) atoms. The summed E-state index contributed by atoms with van der Waals surface area (Å²) in [5.74, 6) is -0.426. The van der Waals surface area contributed by atoms with Crippen molar-refractivity contribution in [1.29, 1.82) is 0 Å². The highest BCUT2D eigenvalue weighted by Crippen LogP contribution is 2.18. The van der Waals surface area contributed by atoms with Crippen molar-refractivity contribution in [3.63, 3.8) is 0 Å². The van der Waals surface area contributed by atoms with Crippen molar-refractivity contribution in [3.05, 3.63) is 95.8 Å². The molecule has 150 valence electrons. The average molecular weight is 411 g/mol. The second-order valence-corrected chi connectivity index (χ2v) is 8.08. The van der Waals surface area contributed by atoms with Gasteiger partial charge in [-0.1, -0.05) is 60.7 Å². The van der Waals surface area contributed by atoms with Crippen molar-refractivity contribution < 1.29 is 18.3 Å². The lowest BCUT2D eigenvalue weighted by Gasteiger charge is -2.25. The first-order chi connectivity index (χ1) is 13.8. The minimum atomic E-state index is -3.90. The van der Waals surface area contributed by atoms with Gasteiger partial charge in [0.15, 0.2) is 0 Å². The lowest BCUT2D eigenvalue weighted by atomic mass is 10.1. The van der Waals surface area contributed by atoms with E-state index in [1.807, 2.05) is 48.5 Å². The molecule has 0 saturated heterocycles. The maximum Gasteiger partial charge on any atom is 0.272 e. The van der Waals surface area contributed by atoms with Crippen molar-refractivity contribution in [1.82, 2.24) is 9.88 Å². The van der Waals surface area contributed by atoms with E-state index < -0.39 is 22.0 Å². The molecule has 0 bridgehead atoms. The van der Waals surface area contributed by atoms with Gasteiger partial charge in [-0.05, 0) is 23.3 Å². The third-order valence-electron chi connectivity index (χ3n) is 4.37. The van der Waals surface area contributed by atoms with Crippen LogP contribution in [0.1, 0.15) is 27.7 Å². The van der Waals surface area contributed by atoms with Gasteiger partial charge in [0, 0.05) is 12.7 Å². The van der Waals surface area contributed by atoms with Crippen molar-refractivity contribution in [2.24, 2.45) is 5.14 Å². The number of aromatic nitrogens is 1. The Labute approximate surface area is 169 Å². The highest BCUT2D eigenvalue weighted by molar-refractivity contribution is 7.89. The van der Waals surface area contributed by atoms with Gasteiger partial charge in [-0.15, -0.1) is 0 Å². The molecule has 3 N–H and O–H groups in total. The number of amides is 1. The number of nitrogens with two attached hydrogens (primary N) is 1. The standard InChI is InChI=1S/C21H21N3O4S/c22-29(27,28)18-11-12-19(23-13-18)21(26)24(14-16-7-3-1-4-8-16)15-20(25)17-9-5-2-6-10-17/h1-13,20,25H,14-15H2,(H2,22,27,28). The zero-order valence-electron chi connectivity index (χ0n) is 15.5. The highest BCUT2D eigenvalue weighted by Gasteiger charge is 2.22. The first-order valence-corrected chi connectivity index (χ1v) is 10.4. The van der Waals surface area contributed by atoms with Gasteiger partial charge in [-0.2, -0.15) is 0 Å². The predicted octanol–water partition coefficient (Wildman–Crippen LogP) is 2.10. The Bertz CT molecular complexity index is 1060. The molecule has 0 aliphatic rings. The summed E-state index contributed by atoms with van der Waals surface area (Å²) in [7, 11) is -3.90. The maximum absolute atomic E-state index is 13.0. The third-order valence-corrected chi connectivity index (χ3v) is 5.26. The van der Waals surface area contributed by atoms with Crippen LogP contribution in [-0.4, -0.2) is 35.9 Å². The van der Waals surface area contributed by atoms with E-state index in [2.05, 4.69) is 4.98 Å². The lowest BCUT2D eigenvalue weighted by molar-refractivity contribution is 0.0598. The number of pyridine rings is 1. The second-order valence-electron chi connectivity index (χ2n) is 6.52. The summed E-state index contributed by atoms with van der Waals surface area (Å²) >= 11 is 0. The Morgan fingerprint density at radius 1 is 1.00 bits per heavy atom. The maximum atomic E-state index is 13.0. The summed E-state index contributed by atoms with van der Waals surface area (Å²) < 4.78 is 22.8. The van der Waals surface area contributed by atoms with E-state index in [0.29, 0.717) is 5.56 Å². The molecule has 1 heterocycles. The Kier molecular flexibility index (Phi) is 6.38. The fourth-order valence-corrected chi connectivity index (χ4v) is 3.31. The first kappa shape index (κ1) is 20.7. The van der Waals surface area contributed by atoms with Crippen LogP contribution < -0.4 is 5.14 Å². The lowest BCUT2D eigenvalue weighted by Crippen LogP contribution is -2.35. The van der Waals surface area contributed by atoms with Gasteiger partial charge in [0.2, 0.25) is 10.0 Å². The van der Waals surface area contributed by atoms with Gasteiger partial charge in [-0.3, -0.25) is 4.79 Å². The molecular weight excluding hydrogens is 390 g/mol. The molecule has 0 spiro atoms. The number of aliphatic hydroxyl groups is 1. The highest BCUT2D eigenvalue weighted by atomic mass is 32.2. The summed E-state index contributed by atoms with van der Waals surface area (Å²) in [4.78, 5) is 18.3. The van der Waals surface area contributed by atoms with Crippen LogP contribution >= 0.6 is 0 Å². The fourth-order valence-electron chi connectivity index (χ4n) is 2.85. The zero-order valence-corrected chi connectivity index (χ0v) is 16.4. The summed E-state index contributed by atoms with van der Waals surface area (Å²) in [5, 5.41) is 15.7. The van der Waals surface area contributed by atoms with Crippen LogP contribution in [0.2, 0.25) is 0 Å². The quantitative estimate of drug-likeness (QED) is 0.618. The second kappa shape index (κ2) is 8.95. The molecule has 1 unspecified atom stereocenters. The summed E-state index contributed by atoms with van der Waals surface area (Å²) in [6, 6.07) is 21.0.